The lowest BCUT2D eigenvalue weighted by atomic mass is 10.0. The average Bonchev–Trinajstić information content (AvgIpc) is 3.11. The van der Waals surface area contributed by atoms with Gasteiger partial charge in [-0.1, -0.05) is 18.2 Å². The monoisotopic (exact) mass is 258 g/mol. The number of ether oxygens (including phenoxy) is 1. The molecule has 0 radical (unpaired) electrons. The Bertz CT molecular complexity index is 519. The van der Waals surface area contributed by atoms with Crippen molar-refractivity contribution in [3.8, 4) is 5.75 Å². The first-order valence-electron chi connectivity index (χ1n) is 6.67. The predicted octanol–water partition coefficient (Wildman–Crippen LogP) is 2.71. The van der Waals surface area contributed by atoms with Gasteiger partial charge in [-0.15, -0.1) is 0 Å². The molecule has 0 saturated carbocycles. The van der Waals surface area contributed by atoms with E-state index in [0.29, 0.717) is 11.8 Å². The van der Waals surface area contributed by atoms with Crippen LogP contribution in [0.3, 0.4) is 0 Å². The lowest BCUT2D eigenvalue weighted by Gasteiger charge is -2.22. The molecule has 2 heterocycles. The van der Waals surface area contributed by atoms with Gasteiger partial charge in [0.25, 0.3) is 0 Å². The molecule has 0 bridgehead atoms. The Balaban J connectivity index is 1.85. The molecular formula is C15H18N2O2. The molecule has 2 atom stereocenters. The van der Waals surface area contributed by atoms with Gasteiger partial charge in [-0.3, -0.25) is 0 Å². The number of hydrogen-bond donors (Lipinski definition) is 1. The summed E-state index contributed by atoms with van der Waals surface area (Å²) in [6.07, 6.45) is 4.24. The number of rotatable bonds is 4. The van der Waals surface area contributed by atoms with Crippen molar-refractivity contribution in [3.63, 3.8) is 0 Å². The third-order valence-electron chi connectivity index (χ3n) is 3.57. The Morgan fingerprint density at radius 1 is 1.42 bits per heavy atom. The minimum atomic E-state index is -0.119. The molecule has 19 heavy (non-hydrogen) atoms. The summed E-state index contributed by atoms with van der Waals surface area (Å²) in [4.78, 5) is 4.27. The van der Waals surface area contributed by atoms with Crippen molar-refractivity contribution in [3.05, 3.63) is 48.2 Å². The molecular weight excluding hydrogens is 240 g/mol. The third kappa shape index (κ3) is 2.63. The molecule has 0 amide bonds. The Kier molecular flexibility index (Phi) is 3.51. The van der Waals surface area contributed by atoms with Crippen molar-refractivity contribution in [1.29, 1.82) is 0 Å². The zero-order valence-corrected chi connectivity index (χ0v) is 11.0. The molecule has 1 aliphatic heterocycles. The molecule has 1 unspecified atom stereocenters. The first-order chi connectivity index (χ1) is 9.34. The molecule has 100 valence electrons. The van der Waals surface area contributed by atoms with Gasteiger partial charge in [0.05, 0.1) is 6.20 Å². The van der Waals surface area contributed by atoms with E-state index in [1.54, 1.807) is 12.5 Å². The van der Waals surface area contributed by atoms with Crippen LogP contribution in [-0.4, -0.2) is 18.1 Å². The van der Waals surface area contributed by atoms with Crippen LogP contribution >= 0.6 is 0 Å². The Hall–Kier alpha value is -1.81. The zero-order chi connectivity index (χ0) is 13.1. The number of aromatic nitrogens is 1. The lowest BCUT2D eigenvalue weighted by Crippen LogP contribution is -2.22. The average molecular weight is 258 g/mol. The van der Waals surface area contributed by atoms with Crippen LogP contribution in [0.5, 0.6) is 5.75 Å². The van der Waals surface area contributed by atoms with Gasteiger partial charge in [0, 0.05) is 12.5 Å². The van der Waals surface area contributed by atoms with Crippen molar-refractivity contribution < 1.29 is 9.15 Å². The molecule has 1 aliphatic rings. The van der Waals surface area contributed by atoms with E-state index in [-0.39, 0.29) is 6.10 Å². The number of benzene rings is 1. The van der Waals surface area contributed by atoms with Crippen LogP contribution in [0.25, 0.3) is 0 Å². The van der Waals surface area contributed by atoms with E-state index >= 15 is 0 Å². The lowest BCUT2D eigenvalue weighted by molar-refractivity contribution is 0.113. The number of aryl methyl sites for hydroxylation is 1. The summed E-state index contributed by atoms with van der Waals surface area (Å²) in [5.41, 5.74) is 1.13. The first-order valence-corrected chi connectivity index (χ1v) is 6.67. The predicted molar refractivity (Wildman–Crippen MR) is 72.0 cm³/mol. The van der Waals surface area contributed by atoms with Crippen molar-refractivity contribution in [2.75, 3.05) is 13.1 Å². The van der Waals surface area contributed by atoms with E-state index in [1.807, 2.05) is 18.2 Å². The molecule has 4 nitrogen and oxygen atoms in total. The van der Waals surface area contributed by atoms with E-state index in [9.17, 15) is 0 Å². The molecule has 0 spiro atoms. The van der Waals surface area contributed by atoms with Crippen molar-refractivity contribution in [2.24, 2.45) is 5.92 Å². The van der Waals surface area contributed by atoms with Gasteiger partial charge in [-0.05, 0) is 31.5 Å². The van der Waals surface area contributed by atoms with Gasteiger partial charge >= 0.3 is 0 Å². The van der Waals surface area contributed by atoms with Crippen molar-refractivity contribution in [2.45, 2.75) is 19.4 Å². The zero-order valence-electron chi connectivity index (χ0n) is 11.0. The van der Waals surface area contributed by atoms with E-state index in [4.69, 9.17) is 9.15 Å². The number of nitrogens with zero attached hydrogens (tertiary/aromatic N) is 1. The first kappa shape index (κ1) is 12.2. The topological polar surface area (TPSA) is 47.3 Å². The fraction of sp³-hybridized carbons (Fsp3) is 0.400. The van der Waals surface area contributed by atoms with E-state index in [2.05, 4.69) is 23.3 Å². The smallest absolute Gasteiger partial charge is 0.235 e. The van der Waals surface area contributed by atoms with Crippen molar-refractivity contribution in [1.82, 2.24) is 10.3 Å². The van der Waals surface area contributed by atoms with Gasteiger partial charge in [0.1, 0.15) is 12.0 Å². The SMILES string of the molecule is Cc1ccccc1O[C@H](c1ncco1)C1CCNC1. The maximum Gasteiger partial charge on any atom is 0.235 e. The molecule has 4 heteroatoms. The molecule has 1 aromatic carbocycles. The summed E-state index contributed by atoms with van der Waals surface area (Å²) in [6.45, 7) is 4.02. The normalized spacial score (nSPS) is 20.4. The highest BCUT2D eigenvalue weighted by Gasteiger charge is 2.31. The summed E-state index contributed by atoms with van der Waals surface area (Å²) in [5, 5.41) is 3.37. The molecule has 3 rings (SSSR count). The highest BCUT2D eigenvalue weighted by atomic mass is 16.5. The van der Waals surface area contributed by atoms with Crippen LogP contribution in [0.2, 0.25) is 0 Å². The number of para-hydroxylation sites is 1. The fourth-order valence-electron chi connectivity index (χ4n) is 2.48. The summed E-state index contributed by atoms with van der Waals surface area (Å²) in [7, 11) is 0. The van der Waals surface area contributed by atoms with Crippen LogP contribution in [0.15, 0.2) is 41.1 Å². The Morgan fingerprint density at radius 2 is 2.32 bits per heavy atom. The molecule has 0 aliphatic carbocycles. The molecule has 1 saturated heterocycles. The van der Waals surface area contributed by atoms with E-state index < -0.39 is 0 Å². The minimum absolute atomic E-state index is 0.119. The van der Waals surface area contributed by atoms with Crippen molar-refractivity contribution >= 4 is 0 Å². The summed E-state index contributed by atoms with van der Waals surface area (Å²) in [6, 6.07) is 8.05. The molecule has 1 aromatic heterocycles. The quantitative estimate of drug-likeness (QED) is 0.916. The highest BCUT2D eigenvalue weighted by molar-refractivity contribution is 5.32. The van der Waals surface area contributed by atoms with Gasteiger partial charge in [-0.2, -0.15) is 0 Å². The molecule has 1 fully saturated rings. The van der Waals surface area contributed by atoms with E-state index in [1.165, 1.54) is 0 Å². The van der Waals surface area contributed by atoms with Crippen LogP contribution in [0, 0.1) is 12.8 Å². The number of nitrogens with one attached hydrogen (secondary N) is 1. The number of hydrogen-bond acceptors (Lipinski definition) is 4. The van der Waals surface area contributed by atoms with Gasteiger partial charge in [-0.25, -0.2) is 4.98 Å². The second-order valence-electron chi connectivity index (χ2n) is 4.93. The van der Waals surface area contributed by atoms with Gasteiger partial charge in [0.2, 0.25) is 5.89 Å². The second-order valence-corrected chi connectivity index (χ2v) is 4.93. The number of oxazole rings is 1. The third-order valence-corrected chi connectivity index (χ3v) is 3.57. The summed E-state index contributed by atoms with van der Waals surface area (Å²) in [5.74, 6) is 1.97. The maximum atomic E-state index is 6.18. The molecule has 2 aromatic rings. The Labute approximate surface area is 112 Å². The largest absolute Gasteiger partial charge is 0.480 e. The summed E-state index contributed by atoms with van der Waals surface area (Å²) < 4.78 is 11.6. The van der Waals surface area contributed by atoms with Crippen LogP contribution in [-0.2, 0) is 0 Å². The fourth-order valence-corrected chi connectivity index (χ4v) is 2.48. The Morgan fingerprint density at radius 3 is 3.00 bits per heavy atom. The van der Waals surface area contributed by atoms with Gasteiger partial charge in [0.15, 0.2) is 6.10 Å². The highest BCUT2D eigenvalue weighted by Crippen LogP contribution is 2.32. The van der Waals surface area contributed by atoms with Gasteiger partial charge < -0.3 is 14.5 Å². The standard InChI is InChI=1S/C15H18N2O2/c1-11-4-2-3-5-13(11)19-14(12-6-7-16-10-12)15-17-8-9-18-15/h2-5,8-9,12,14,16H,6-7,10H2,1H3/t12?,14-/m0/s1. The minimum Gasteiger partial charge on any atom is -0.480 e. The maximum absolute atomic E-state index is 6.18. The van der Waals surface area contributed by atoms with Crippen LogP contribution in [0.4, 0.5) is 0 Å². The van der Waals surface area contributed by atoms with Crippen LogP contribution < -0.4 is 10.1 Å². The molecule has 1 N–H and O–H groups in total. The summed E-state index contributed by atoms with van der Waals surface area (Å²) >= 11 is 0. The second kappa shape index (κ2) is 5.45. The van der Waals surface area contributed by atoms with E-state index in [0.717, 1.165) is 30.8 Å². The van der Waals surface area contributed by atoms with Crippen LogP contribution in [0.1, 0.15) is 24.0 Å².